The summed E-state index contributed by atoms with van der Waals surface area (Å²) in [6.45, 7) is 5.47. The molecule has 2 aromatic carbocycles. The molecule has 10 nitrogen and oxygen atoms in total. The highest BCUT2D eigenvalue weighted by atomic mass is 16.6. The summed E-state index contributed by atoms with van der Waals surface area (Å²) < 4.78 is 7.31. The minimum Gasteiger partial charge on any atom is -0.443 e. The molecule has 1 aliphatic rings. The fraction of sp³-hybridized carbons (Fsp3) is 0.265. The summed E-state index contributed by atoms with van der Waals surface area (Å²) in [4.78, 5) is 48.3. The van der Waals surface area contributed by atoms with Gasteiger partial charge in [-0.15, -0.1) is 0 Å². The number of fused-ring (bicyclic) bond motifs is 1. The number of amides is 3. The zero-order valence-electron chi connectivity index (χ0n) is 25.2. The average molecular weight is 591 g/mol. The van der Waals surface area contributed by atoms with Gasteiger partial charge >= 0.3 is 6.09 Å². The molecule has 3 N–H and O–H groups in total. The van der Waals surface area contributed by atoms with E-state index in [0.717, 1.165) is 16.2 Å². The number of hydrogen-bond acceptors (Lipinski definition) is 7. The second kappa shape index (κ2) is 12.4. The van der Waals surface area contributed by atoms with E-state index in [4.69, 9.17) is 10.5 Å². The van der Waals surface area contributed by atoms with Crippen molar-refractivity contribution >= 4 is 29.5 Å². The van der Waals surface area contributed by atoms with Gasteiger partial charge < -0.3 is 20.4 Å². The molecule has 1 aliphatic heterocycles. The monoisotopic (exact) mass is 590 g/mol. The number of imide groups is 1. The summed E-state index contributed by atoms with van der Waals surface area (Å²) >= 11 is 0. The van der Waals surface area contributed by atoms with Gasteiger partial charge in [0.25, 0.3) is 5.91 Å². The minimum atomic E-state index is -0.723. The maximum Gasteiger partial charge on any atom is 0.417 e. The number of ether oxygens (including phenoxy) is 1. The van der Waals surface area contributed by atoms with Gasteiger partial charge in [0.05, 0.1) is 16.8 Å². The SMILES string of the molecule is Cn1c(-c2nc(N)ncc2C#Cc2cccc(NC(=O)CCc3ccccc3)c2)cc2c1CCN(C(=O)OC(C)(C)C)C2=O. The fourth-order valence-electron chi connectivity index (χ4n) is 4.94. The topological polar surface area (TPSA) is 132 Å². The van der Waals surface area contributed by atoms with Gasteiger partial charge in [0.2, 0.25) is 11.9 Å². The van der Waals surface area contributed by atoms with Crippen LogP contribution in [0.15, 0.2) is 66.9 Å². The van der Waals surface area contributed by atoms with Gasteiger partial charge in [-0.25, -0.2) is 19.7 Å². The van der Waals surface area contributed by atoms with Crippen LogP contribution in [-0.4, -0.2) is 49.5 Å². The Bertz CT molecular complexity index is 1790. The van der Waals surface area contributed by atoms with Gasteiger partial charge in [0.1, 0.15) is 11.3 Å². The van der Waals surface area contributed by atoms with Crippen molar-refractivity contribution < 1.29 is 19.1 Å². The lowest BCUT2D eigenvalue weighted by Gasteiger charge is -2.28. The summed E-state index contributed by atoms with van der Waals surface area (Å²) in [5.41, 5.74) is 10.4. The molecule has 0 radical (unpaired) electrons. The maximum atomic E-state index is 13.3. The Morgan fingerprint density at radius 1 is 1.07 bits per heavy atom. The van der Waals surface area contributed by atoms with Gasteiger partial charge in [0, 0.05) is 49.6 Å². The minimum absolute atomic E-state index is 0.0617. The Kier molecular flexibility index (Phi) is 8.49. The van der Waals surface area contributed by atoms with Gasteiger partial charge in [-0.05, 0) is 57.0 Å². The summed E-state index contributed by atoms with van der Waals surface area (Å²) in [7, 11) is 1.84. The van der Waals surface area contributed by atoms with Gasteiger partial charge in [0.15, 0.2) is 0 Å². The van der Waals surface area contributed by atoms with E-state index in [1.165, 1.54) is 0 Å². The van der Waals surface area contributed by atoms with Crippen LogP contribution in [0.5, 0.6) is 0 Å². The van der Waals surface area contributed by atoms with Crippen molar-refractivity contribution in [3.05, 3.63) is 94.8 Å². The molecule has 224 valence electrons. The summed E-state index contributed by atoms with van der Waals surface area (Å²) in [5.74, 6) is 5.80. The number of nitrogen functional groups attached to an aromatic ring is 1. The molecular formula is C34H34N6O4. The average Bonchev–Trinajstić information content (AvgIpc) is 3.32. The molecule has 0 spiro atoms. The number of aryl methyl sites for hydroxylation is 1. The molecule has 44 heavy (non-hydrogen) atoms. The van der Waals surface area contributed by atoms with Gasteiger partial charge in [-0.1, -0.05) is 48.2 Å². The number of aromatic nitrogens is 3. The molecule has 0 unspecified atom stereocenters. The predicted molar refractivity (Wildman–Crippen MR) is 168 cm³/mol. The zero-order valence-corrected chi connectivity index (χ0v) is 25.2. The van der Waals surface area contributed by atoms with E-state index < -0.39 is 17.6 Å². The van der Waals surface area contributed by atoms with Crippen molar-refractivity contribution in [3.63, 3.8) is 0 Å². The highest BCUT2D eigenvalue weighted by Gasteiger charge is 2.35. The van der Waals surface area contributed by atoms with Crippen molar-refractivity contribution in [2.45, 2.75) is 45.6 Å². The highest BCUT2D eigenvalue weighted by molar-refractivity contribution is 6.05. The number of rotatable bonds is 5. The van der Waals surface area contributed by atoms with Crippen molar-refractivity contribution in [2.75, 3.05) is 17.6 Å². The smallest absolute Gasteiger partial charge is 0.417 e. The molecule has 4 aromatic rings. The molecule has 0 saturated carbocycles. The number of nitrogens with zero attached hydrogens (tertiary/aromatic N) is 4. The van der Waals surface area contributed by atoms with Crippen LogP contribution in [0.25, 0.3) is 11.4 Å². The molecule has 0 saturated heterocycles. The zero-order chi connectivity index (χ0) is 31.4. The molecule has 0 atom stereocenters. The van der Waals surface area contributed by atoms with Crippen molar-refractivity contribution in [3.8, 4) is 23.2 Å². The Labute approximate surface area is 256 Å². The molecular weight excluding hydrogens is 556 g/mol. The van der Waals surface area contributed by atoms with Crippen LogP contribution in [0.3, 0.4) is 0 Å². The lowest BCUT2D eigenvalue weighted by atomic mass is 10.1. The summed E-state index contributed by atoms with van der Waals surface area (Å²) in [6, 6.07) is 18.8. The van der Waals surface area contributed by atoms with Gasteiger partial charge in [-0.2, -0.15) is 0 Å². The predicted octanol–water partition coefficient (Wildman–Crippen LogP) is 4.97. The molecule has 5 rings (SSSR count). The highest BCUT2D eigenvalue weighted by Crippen LogP contribution is 2.30. The van der Waals surface area contributed by atoms with Crippen LogP contribution >= 0.6 is 0 Å². The standard InChI is InChI=1S/C34H34N6O4/c1-34(2,3)44-33(43)40-18-17-27-26(31(40)42)20-28(39(27)4)30-24(21-36-32(35)38-30)15-13-23-11-8-12-25(19-23)37-29(41)16-14-22-9-6-5-7-10-22/h5-12,19-21H,14,16-18H2,1-4H3,(H,37,41)(H2,35,36,38). The largest absolute Gasteiger partial charge is 0.443 e. The number of benzene rings is 2. The number of carbonyl (C=O) groups excluding carboxylic acids is 3. The Morgan fingerprint density at radius 3 is 2.59 bits per heavy atom. The lowest BCUT2D eigenvalue weighted by molar-refractivity contribution is -0.116. The van der Waals surface area contributed by atoms with Gasteiger partial charge in [-0.3, -0.25) is 9.59 Å². The number of anilines is 2. The van der Waals surface area contributed by atoms with Crippen LogP contribution in [0.1, 0.15) is 59.9 Å². The number of carbonyl (C=O) groups is 3. The quantitative estimate of drug-likeness (QED) is 0.314. The molecule has 3 heterocycles. The van der Waals surface area contributed by atoms with E-state index in [1.54, 1.807) is 39.1 Å². The number of nitrogens with two attached hydrogens (primary N) is 1. The molecule has 0 aliphatic carbocycles. The normalized spacial score (nSPS) is 12.6. The second-order valence-electron chi connectivity index (χ2n) is 11.5. The van der Waals surface area contributed by atoms with E-state index in [-0.39, 0.29) is 18.4 Å². The first-order valence-corrected chi connectivity index (χ1v) is 14.3. The third-order valence-corrected chi connectivity index (χ3v) is 7.04. The van der Waals surface area contributed by atoms with Crippen LogP contribution in [0.4, 0.5) is 16.4 Å². The molecule has 3 amide bonds. The molecule has 0 fully saturated rings. The molecule has 10 heteroatoms. The van der Waals surface area contributed by atoms with Crippen molar-refractivity contribution in [2.24, 2.45) is 7.05 Å². The van der Waals surface area contributed by atoms with Crippen LogP contribution in [-0.2, 0) is 29.4 Å². The van der Waals surface area contributed by atoms with E-state index >= 15 is 0 Å². The van der Waals surface area contributed by atoms with E-state index in [9.17, 15) is 14.4 Å². The van der Waals surface area contributed by atoms with Crippen molar-refractivity contribution in [1.29, 1.82) is 0 Å². The van der Waals surface area contributed by atoms with E-state index in [0.29, 0.717) is 53.0 Å². The van der Waals surface area contributed by atoms with Crippen LogP contribution in [0.2, 0.25) is 0 Å². The van der Waals surface area contributed by atoms with Crippen LogP contribution in [0, 0.1) is 11.8 Å². The van der Waals surface area contributed by atoms with Crippen LogP contribution < -0.4 is 11.1 Å². The molecule has 2 aromatic heterocycles. The Balaban J connectivity index is 1.37. The second-order valence-corrected chi connectivity index (χ2v) is 11.5. The first kappa shape index (κ1) is 30.0. The Morgan fingerprint density at radius 2 is 1.84 bits per heavy atom. The van der Waals surface area contributed by atoms with E-state index in [2.05, 4.69) is 27.1 Å². The lowest BCUT2D eigenvalue weighted by Crippen LogP contribution is -2.44. The number of hydrogen-bond donors (Lipinski definition) is 2. The third-order valence-electron chi connectivity index (χ3n) is 7.04. The first-order valence-electron chi connectivity index (χ1n) is 14.3. The van der Waals surface area contributed by atoms with E-state index in [1.807, 2.05) is 60.1 Å². The maximum absolute atomic E-state index is 13.3. The first-order chi connectivity index (χ1) is 21.0. The summed E-state index contributed by atoms with van der Waals surface area (Å²) in [6.07, 6.45) is 2.35. The van der Waals surface area contributed by atoms with Crippen molar-refractivity contribution in [1.82, 2.24) is 19.4 Å². The number of nitrogens with one attached hydrogen (secondary N) is 1. The summed E-state index contributed by atoms with van der Waals surface area (Å²) in [5, 5.41) is 2.94. The third kappa shape index (κ3) is 6.95. The fourth-order valence-corrected chi connectivity index (χ4v) is 4.94. The Hall–Kier alpha value is -5.43. The molecule has 0 bridgehead atoms.